The first-order chi connectivity index (χ1) is 9.52. The molecule has 2 aliphatic rings. The Balaban J connectivity index is 1.81. The highest BCUT2D eigenvalue weighted by molar-refractivity contribution is 6.30. The Morgan fingerprint density at radius 3 is 2.85 bits per heavy atom. The maximum absolute atomic E-state index is 10.4. The molecule has 0 bridgehead atoms. The molecule has 0 aromatic heterocycles. The van der Waals surface area contributed by atoms with E-state index in [4.69, 9.17) is 16.3 Å². The summed E-state index contributed by atoms with van der Waals surface area (Å²) < 4.78 is 6.15. The fourth-order valence-electron chi connectivity index (χ4n) is 3.61. The van der Waals surface area contributed by atoms with Gasteiger partial charge in [0, 0.05) is 22.9 Å². The highest BCUT2D eigenvalue weighted by Crippen LogP contribution is 2.42. The van der Waals surface area contributed by atoms with Crippen molar-refractivity contribution < 1.29 is 9.84 Å². The number of halogens is 1. The Labute approximate surface area is 125 Å². The van der Waals surface area contributed by atoms with Crippen molar-refractivity contribution in [3.8, 4) is 5.75 Å². The number of benzene rings is 1. The predicted molar refractivity (Wildman–Crippen MR) is 81.1 cm³/mol. The molecule has 0 fully saturated rings. The largest absolute Gasteiger partial charge is 0.490 e. The van der Waals surface area contributed by atoms with Crippen LogP contribution < -0.4 is 4.74 Å². The van der Waals surface area contributed by atoms with E-state index in [1.165, 1.54) is 5.57 Å². The van der Waals surface area contributed by atoms with Gasteiger partial charge < -0.3 is 9.84 Å². The summed E-state index contributed by atoms with van der Waals surface area (Å²) in [4.78, 5) is 0. The third-order valence-corrected chi connectivity index (χ3v) is 4.65. The molecule has 0 amide bonds. The van der Waals surface area contributed by atoms with Crippen LogP contribution in [0.2, 0.25) is 5.02 Å². The predicted octanol–water partition coefficient (Wildman–Crippen LogP) is 4.52. The molecule has 3 unspecified atom stereocenters. The van der Waals surface area contributed by atoms with Gasteiger partial charge in [0.2, 0.25) is 0 Å². The molecule has 20 heavy (non-hydrogen) atoms. The lowest BCUT2D eigenvalue weighted by Gasteiger charge is -2.37. The Morgan fingerprint density at radius 2 is 2.10 bits per heavy atom. The molecule has 2 nitrogen and oxygen atoms in total. The van der Waals surface area contributed by atoms with Gasteiger partial charge in [-0.25, -0.2) is 0 Å². The standard InChI is InChI=1S/C17H21ClO2/c1-10-5-11(2)7-12(6-10)17-9-15(19)14-8-13(18)3-4-16(14)20-17/h3-5,8,10,12,15,17,19H,6-7,9H2,1-2H3/t10?,12?,15-,17?/m0/s1. The topological polar surface area (TPSA) is 29.5 Å². The fraction of sp³-hybridized carbons (Fsp3) is 0.529. The van der Waals surface area contributed by atoms with Gasteiger partial charge in [-0.1, -0.05) is 30.2 Å². The number of hydrogen-bond donors (Lipinski definition) is 1. The number of aliphatic hydroxyl groups excluding tert-OH is 1. The van der Waals surface area contributed by atoms with Crippen molar-refractivity contribution in [3.63, 3.8) is 0 Å². The normalized spacial score (nSPS) is 33.1. The summed E-state index contributed by atoms with van der Waals surface area (Å²) in [7, 11) is 0. The number of rotatable bonds is 1. The molecule has 1 aliphatic heterocycles. The monoisotopic (exact) mass is 292 g/mol. The molecule has 0 spiro atoms. The zero-order valence-corrected chi connectivity index (χ0v) is 12.7. The van der Waals surface area contributed by atoms with Gasteiger partial charge in [-0.3, -0.25) is 0 Å². The van der Waals surface area contributed by atoms with E-state index in [-0.39, 0.29) is 6.10 Å². The molecule has 1 aromatic rings. The Kier molecular flexibility index (Phi) is 3.78. The first kappa shape index (κ1) is 14.0. The van der Waals surface area contributed by atoms with Crippen molar-refractivity contribution in [2.75, 3.05) is 0 Å². The Bertz CT molecular complexity index is 538. The van der Waals surface area contributed by atoms with Gasteiger partial charge in [0.05, 0.1) is 6.10 Å². The maximum atomic E-state index is 10.4. The molecule has 1 aliphatic carbocycles. The average Bonchev–Trinajstić information content (AvgIpc) is 2.38. The third kappa shape index (κ3) is 2.72. The molecule has 1 N–H and O–H groups in total. The minimum Gasteiger partial charge on any atom is -0.490 e. The minimum absolute atomic E-state index is 0.102. The second kappa shape index (κ2) is 5.42. The lowest BCUT2D eigenvalue weighted by Crippen LogP contribution is -2.35. The number of aliphatic hydroxyl groups is 1. The van der Waals surface area contributed by atoms with Gasteiger partial charge in [0.25, 0.3) is 0 Å². The molecule has 0 saturated carbocycles. The van der Waals surface area contributed by atoms with Crippen molar-refractivity contribution in [2.45, 2.75) is 45.3 Å². The van der Waals surface area contributed by atoms with Crippen molar-refractivity contribution in [3.05, 3.63) is 40.4 Å². The zero-order chi connectivity index (χ0) is 14.3. The lowest BCUT2D eigenvalue weighted by atomic mass is 9.78. The summed E-state index contributed by atoms with van der Waals surface area (Å²) in [5, 5.41) is 11.0. The van der Waals surface area contributed by atoms with Crippen LogP contribution in [0, 0.1) is 11.8 Å². The maximum Gasteiger partial charge on any atom is 0.125 e. The van der Waals surface area contributed by atoms with Gasteiger partial charge in [-0.05, 0) is 43.9 Å². The smallest absolute Gasteiger partial charge is 0.125 e. The molecule has 3 rings (SSSR count). The summed E-state index contributed by atoms with van der Waals surface area (Å²) in [6.07, 6.45) is 4.86. The first-order valence-electron chi connectivity index (χ1n) is 7.34. The molecular formula is C17H21ClO2. The molecule has 0 radical (unpaired) electrons. The van der Waals surface area contributed by atoms with Crippen LogP contribution in [0.25, 0.3) is 0 Å². The van der Waals surface area contributed by atoms with E-state index >= 15 is 0 Å². The van der Waals surface area contributed by atoms with Crippen LogP contribution in [0.3, 0.4) is 0 Å². The van der Waals surface area contributed by atoms with E-state index < -0.39 is 6.10 Å². The first-order valence-corrected chi connectivity index (χ1v) is 7.72. The van der Waals surface area contributed by atoms with Crippen molar-refractivity contribution in [2.24, 2.45) is 11.8 Å². The molecule has 1 heterocycles. The number of allylic oxidation sites excluding steroid dienone is 2. The SMILES string of the molecule is CC1=CC(C)CC(C2C[C@H](O)c3cc(Cl)ccc3O2)C1. The summed E-state index contributed by atoms with van der Waals surface area (Å²) in [5.41, 5.74) is 2.26. The van der Waals surface area contributed by atoms with Crippen LogP contribution in [0.15, 0.2) is 29.8 Å². The van der Waals surface area contributed by atoms with E-state index in [0.717, 1.165) is 24.2 Å². The zero-order valence-electron chi connectivity index (χ0n) is 12.0. The van der Waals surface area contributed by atoms with Crippen molar-refractivity contribution in [1.82, 2.24) is 0 Å². The van der Waals surface area contributed by atoms with Crippen LogP contribution in [0.1, 0.15) is 44.8 Å². The highest BCUT2D eigenvalue weighted by Gasteiger charge is 2.34. The molecule has 108 valence electrons. The van der Waals surface area contributed by atoms with E-state index in [2.05, 4.69) is 19.9 Å². The van der Waals surface area contributed by atoms with Crippen molar-refractivity contribution >= 4 is 11.6 Å². The number of ether oxygens (including phenoxy) is 1. The molecule has 4 atom stereocenters. The van der Waals surface area contributed by atoms with Gasteiger partial charge >= 0.3 is 0 Å². The van der Waals surface area contributed by atoms with E-state index in [0.29, 0.717) is 23.3 Å². The van der Waals surface area contributed by atoms with Gasteiger partial charge in [0.15, 0.2) is 0 Å². The Morgan fingerprint density at radius 1 is 1.30 bits per heavy atom. The van der Waals surface area contributed by atoms with Gasteiger partial charge in [-0.2, -0.15) is 0 Å². The second-order valence-corrected chi connectivity index (χ2v) is 6.72. The van der Waals surface area contributed by atoms with Crippen LogP contribution in [0.5, 0.6) is 5.75 Å². The second-order valence-electron chi connectivity index (χ2n) is 6.28. The van der Waals surface area contributed by atoms with Crippen molar-refractivity contribution in [1.29, 1.82) is 0 Å². The summed E-state index contributed by atoms with van der Waals surface area (Å²) in [6, 6.07) is 5.51. The van der Waals surface area contributed by atoms with Crippen LogP contribution in [-0.2, 0) is 0 Å². The van der Waals surface area contributed by atoms with Gasteiger partial charge in [-0.15, -0.1) is 0 Å². The molecular weight excluding hydrogens is 272 g/mol. The van der Waals surface area contributed by atoms with E-state index in [9.17, 15) is 5.11 Å². The summed E-state index contributed by atoms with van der Waals surface area (Å²) >= 11 is 5.99. The summed E-state index contributed by atoms with van der Waals surface area (Å²) in [5.74, 6) is 1.88. The highest BCUT2D eigenvalue weighted by atomic mass is 35.5. The molecule has 1 aromatic carbocycles. The average molecular weight is 293 g/mol. The third-order valence-electron chi connectivity index (χ3n) is 4.42. The number of fused-ring (bicyclic) bond motifs is 1. The quantitative estimate of drug-likeness (QED) is 0.771. The van der Waals surface area contributed by atoms with Crippen LogP contribution in [0.4, 0.5) is 0 Å². The molecule has 3 heteroatoms. The van der Waals surface area contributed by atoms with Gasteiger partial charge in [0.1, 0.15) is 11.9 Å². The van der Waals surface area contributed by atoms with E-state index in [1.54, 1.807) is 0 Å². The van der Waals surface area contributed by atoms with Crippen LogP contribution >= 0.6 is 11.6 Å². The summed E-state index contributed by atoms with van der Waals surface area (Å²) in [6.45, 7) is 4.44. The fourth-order valence-corrected chi connectivity index (χ4v) is 3.79. The lowest BCUT2D eigenvalue weighted by molar-refractivity contribution is 0.0273. The van der Waals surface area contributed by atoms with Crippen LogP contribution in [-0.4, -0.2) is 11.2 Å². The van der Waals surface area contributed by atoms with E-state index in [1.807, 2.05) is 18.2 Å². The molecule has 0 saturated heterocycles. The minimum atomic E-state index is -0.469. The Hall–Kier alpha value is -0.990. The number of hydrogen-bond acceptors (Lipinski definition) is 2.